The Labute approximate surface area is 74.3 Å². The smallest absolute Gasteiger partial charge is 0.201 e. The molecule has 12 heavy (non-hydrogen) atoms. The van der Waals surface area contributed by atoms with Crippen molar-refractivity contribution in [3.05, 3.63) is 30.6 Å². The second-order valence-corrected chi connectivity index (χ2v) is 2.68. The molecule has 0 aliphatic heterocycles. The standard InChI is InChI=1S/C8H6ClN2O/c1-12-6-4-2-3-5-7(6)11-8(9)10-5/h2-4H,1H2,(H,10,11). The summed E-state index contributed by atoms with van der Waals surface area (Å²) < 4.78 is 4.85. The van der Waals surface area contributed by atoms with E-state index < -0.39 is 0 Å². The van der Waals surface area contributed by atoms with Crippen LogP contribution in [-0.2, 0) is 0 Å². The van der Waals surface area contributed by atoms with Gasteiger partial charge >= 0.3 is 0 Å². The second-order valence-electron chi connectivity index (χ2n) is 2.32. The van der Waals surface area contributed by atoms with Crippen LogP contribution in [0.2, 0.25) is 5.28 Å². The van der Waals surface area contributed by atoms with Crippen LogP contribution >= 0.6 is 11.6 Å². The summed E-state index contributed by atoms with van der Waals surface area (Å²) >= 11 is 5.67. The average Bonchev–Trinajstić information content (AvgIpc) is 2.44. The maximum atomic E-state index is 5.67. The number of ether oxygens (including phenoxy) is 1. The molecule has 0 unspecified atom stereocenters. The first-order valence-corrected chi connectivity index (χ1v) is 3.75. The first-order valence-electron chi connectivity index (χ1n) is 3.37. The Kier molecular flexibility index (Phi) is 1.66. The van der Waals surface area contributed by atoms with E-state index in [1.807, 2.05) is 12.1 Å². The highest BCUT2D eigenvalue weighted by Crippen LogP contribution is 2.24. The number of para-hydroxylation sites is 1. The number of aromatic amines is 1. The van der Waals surface area contributed by atoms with Crippen LogP contribution in [0.1, 0.15) is 0 Å². The predicted octanol–water partition coefficient (Wildman–Crippen LogP) is 2.39. The Morgan fingerprint density at radius 2 is 2.33 bits per heavy atom. The van der Waals surface area contributed by atoms with Crippen LogP contribution in [-0.4, -0.2) is 9.97 Å². The molecule has 0 bridgehead atoms. The van der Waals surface area contributed by atoms with Crippen molar-refractivity contribution in [1.82, 2.24) is 9.97 Å². The first kappa shape index (κ1) is 7.43. The highest BCUT2D eigenvalue weighted by molar-refractivity contribution is 6.29. The zero-order chi connectivity index (χ0) is 8.55. The van der Waals surface area contributed by atoms with Gasteiger partial charge in [0.05, 0.1) is 5.52 Å². The summed E-state index contributed by atoms with van der Waals surface area (Å²) in [5.74, 6) is 0.621. The van der Waals surface area contributed by atoms with Gasteiger partial charge in [-0.05, 0) is 23.7 Å². The van der Waals surface area contributed by atoms with Gasteiger partial charge in [-0.15, -0.1) is 0 Å². The zero-order valence-electron chi connectivity index (χ0n) is 6.17. The Bertz CT molecular complexity index is 410. The Hall–Kier alpha value is -1.22. The second kappa shape index (κ2) is 2.68. The van der Waals surface area contributed by atoms with Crippen molar-refractivity contribution in [1.29, 1.82) is 0 Å². The van der Waals surface area contributed by atoms with Crippen molar-refractivity contribution in [3.8, 4) is 5.75 Å². The van der Waals surface area contributed by atoms with Gasteiger partial charge in [0.1, 0.15) is 18.4 Å². The van der Waals surface area contributed by atoms with Crippen molar-refractivity contribution < 1.29 is 4.74 Å². The molecular weight excluding hydrogens is 176 g/mol. The van der Waals surface area contributed by atoms with Crippen molar-refractivity contribution in [2.75, 3.05) is 0 Å². The fourth-order valence-corrected chi connectivity index (χ4v) is 1.28. The molecule has 1 heterocycles. The topological polar surface area (TPSA) is 37.9 Å². The van der Waals surface area contributed by atoms with E-state index >= 15 is 0 Å². The molecule has 0 amide bonds. The first-order chi connectivity index (χ1) is 5.81. The molecule has 4 heteroatoms. The van der Waals surface area contributed by atoms with Gasteiger partial charge < -0.3 is 9.72 Å². The fraction of sp³-hybridized carbons (Fsp3) is 0. The summed E-state index contributed by atoms with van der Waals surface area (Å²) in [5, 5.41) is 0.356. The van der Waals surface area contributed by atoms with Crippen LogP contribution in [0.25, 0.3) is 11.0 Å². The van der Waals surface area contributed by atoms with Crippen molar-refractivity contribution >= 4 is 22.6 Å². The molecule has 0 spiro atoms. The molecule has 1 aromatic heterocycles. The third-order valence-corrected chi connectivity index (χ3v) is 1.78. The quantitative estimate of drug-likeness (QED) is 0.734. The summed E-state index contributed by atoms with van der Waals surface area (Å²) in [5.41, 5.74) is 1.55. The lowest BCUT2D eigenvalue weighted by molar-refractivity contribution is 0.477. The van der Waals surface area contributed by atoms with E-state index in [4.69, 9.17) is 16.3 Å². The number of fused-ring (bicyclic) bond motifs is 1. The molecule has 3 nitrogen and oxygen atoms in total. The summed E-state index contributed by atoms with van der Waals surface area (Å²) in [4.78, 5) is 6.91. The van der Waals surface area contributed by atoms with Gasteiger partial charge in [0.25, 0.3) is 0 Å². The number of hydrogen-bond acceptors (Lipinski definition) is 2. The van der Waals surface area contributed by atoms with Gasteiger partial charge in [-0.2, -0.15) is 0 Å². The number of rotatable bonds is 1. The molecular formula is C8H6ClN2O. The molecule has 0 atom stereocenters. The Morgan fingerprint density at radius 1 is 1.50 bits per heavy atom. The highest BCUT2D eigenvalue weighted by Gasteiger charge is 2.04. The molecule has 0 saturated carbocycles. The van der Waals surface area contributed by atoms with Crippen molar-refractivity contribution in [3.63, 3.8) is 0 Å². The van der Waals surface area contributed by atoms with Crippen molar-refractivity contribution in [2.45, 2.75) is 0 Å². The molecule has 0 aliphatic rings. The largest absolute Gasteiger partial charge is 0.488 e. The van der Waals surface area contributed by atoms with Crippen LogP contribution in [0.5, 0.6) is 5.75 Å². The van der Waals surface area contributed by atoms with E-state index in [9.17, 15) is 0 Å². The number of H-pyrrole nitrogens is 1. The van der Waals surface area contributed by atoms with Crippen LogP contribution in [0.4, 0.5) is 0 Å². The molecule has 0 fully saturated rings. The van der Waals surface area contributed by atoms with Gasteiger partial charge in [-0.1, -0.05) is 6.07 Å². The van der Waals surface area contributed by atoms with Crippen LogP contribution in [0.3, 0.4) is 0 Å². The lowest BCUT2D eigenvalue weighted by Gasteiger charge is -1.97. The number of nitrogens with zero attached hydrogens (tertiary/aromatic N) is 1. The summed E-state index contributed by atoms with van der Waals surface area (Å²) in [6.45, 7) is 0. The fourth-order valence-electron chi connectivity index (χ4n) is 1.09. The van der Waals surface area contributed by atoms with E-state index in [0.717, 1.165) is 5.52 Å². The van der Waals surface area contributed by atoms with Gasteiger partial charge in [0, 0.05) is 0 Å². The van der Waals surface area contributed by atoms with Gasteiger partial charge in [0.15, 0.2) is 0 Å². The number of halogens is 1. The SMILES string of the molecule is [CH2]Oc1cccc2[nH]c(Cl)nc12. The number of aromatic nitrogens is 2. The number of imidazole rings is 1. The van der Waals surface area contributed by atoms with Crippen LogP contribution in [0, 0.1) is 7.11 Å². The third kappa shape index (κ3) is 1.02. The Balaban J connectivity index is 2.78. The number of hydrogen-bond donors (Lipinski definition) is 1. The monoisotopic (exact) mass is 181 g/mol. The summed E-state index contributed by atoms with van der Waals surface area (Å²) in [7, 11) is 3.32. The number of benzene rings is 1. The van der Waals surface area contributed by atoms with E-state index in [1.165, 1.54) is 0 Å². The maximum absolute atomic E-state index is 5.67. The van der Waals surface area contributed by atoms with E-state index in [1.54, 1.807) is 6.07 Å². The van der Waals surface area contributed by atoms with Crippen LogP contribution in [0.15, 0.2) is 18.2 Å². The molecule has 61 valence electrons. The van der Waals surface area contributed by atoms with Gasteiger partial charge in [-0.3, -0.25) is 0 Å². The maximum Gasteiger partial charge on any atom is 0.201 e. The lowest BCUT2D eigenvalue weighted by atomic mass is 10.3. The van der Waals surface area contributed by atoms with Crippen LogP contribution < -0.4 is 4.74 Å². The van der Waals surface area contributed by atoms with E-state index in [-0.39, 0.29) is 0 Å². The molecule has 0 aliphatic carbocycles. The molecule has 1 aromatic carbocycles. The summed E-state index contributed by atoms with van der Waals surface area (Å²) in [6.07, 6.45) is 0. The minimum atomic E-state index is 0.356. The van der Waals surface area contributed by atoms with E-state index in [0.29, 0.717) is 16.5 Å². The third-order valence-electron chi connectivity index (χ3n) is 1.60. The molecule has 1 radical (unpaired) electrons. The highest BCUT2D eigenvalue weighted by atomic mass is 35.5. The number of nitrogens with one attached hydrogen (secondary N) is 1. The van der Waals surface area contributed by atoms with Gasteiger partial charge in [-0.25, -0.2) is 4.98 Å². The minimum absolute atomic E-state index is 0.356. The molecule has 0 saturated heterocycles. The molecule has 1 N–H and O–H groups in total. The predicted molar refractivity (Wildman–Crippen MR) is 47.1 cm³/mol. The summed E-state index contributed by atoms with van der Waals surface area (Å²) in [6, 6.07) is 5.50. The lowest BCUT2D eigenvalue weighted by Crippen LogP contribution is -1.80. The van der Waals surface area contributed by atoms with Crippen molar-refractivity contribution in [2.24, 2.45) is 0 Å². The Morgan fingerprint density at radius 3 is 3.08 bits per heavy atom. The normalized spacial score (nSPS) is 10.5. The minimum Gasteiger partial charge on any atom is -0.488 e. The average molecular weight is 182 g/mol. The van der Waals surface area contributed by atoms with E-state index in [2.05, 4.69) is 17.1 Å². The zero-order valence-corrected chi connectivity index (χ0v) is 6.93. The molecule has 2 rings (SSSR count). The molecule has 2 aromatic rings. The van der Waals surface area contributed by atoms with Gasteiger partial charge in [0.2, 0.25) is 5.28 Å².